The highest BCUT2D eigenvalue weighted by molar-refractivity contribution is 5.81. The van der Waals surface area contributed by atoms with E-state index in [1.807, 2.05) is 11.9 Å². The van der Waals surface area contributed by atoms with Crippen LogP contribution in [-0.4, -0.2) is 49.2 Å². The van der Waals surface area contributed by atoms with Gasteiger partial charge in [-0.25, -0.2) is 0 Å². The molecule has 0 bridgehead atoms. The molecule has 1 N–H and O–H groups in total. The number of carboxylic acids is 1. The van der Waals surface area contributed by atoms with E-state index in [2.05, 4.69) is 4.74 Å². The molecule has 0 amide bonds. The van der Waals surface area contributed by atoms with Crippen molar-refractivity contribution < 1.29 is 19.4 Å². The van der Waals surface area contributed by atoms with E-state index >= 15 is 0 Å². The van der Waals surface area contributed by atoms with Gasteiger partial charge in [0, 0.05) is 0 Å². The van der Waals surface area contributed by atoms with Gasteiger partial charge in [-0.3, -0.25) is 9.59 Å². The van der Waals surface area contributed by atoms with Crippen LogP contribution in [0.2, 0.25) is 0 Å². The number of hydrogen-bond donors (Lipinski definition) is 1. The van der Waals surface area contributed by atoms with Crippen molar-refractivity contribution in [3.05, 3.63) is 0 Å². The van der Waals surface area contributed by atoms with Crippen molar-refractivity contribution in [3.8, 4) is 0 Å². The lowest BCUT2D eigenvalue weighted by Gasteiger charge is -2.17. The zero-order valence-electron chi connectivity index (χ0n) is 9.10. The smallest absolute Gasteiger partial charge is 0.309 e. The topological polar surface area (TPSA) is 66.8 Å². The maximum atomic E-state index is 11.4. The minimum Gasteiger partial charge on any atom is -0.481 e. The summed E-state index contributed by atoms with van der Waals surface area (Å²) in [6.07, 6.45) is 1.06. The van der Waals surface area contributed by atoms with Gasteiger partial charge in [0.05, 0.1) is 18.9 Å². The molecule has 0 aromatic carbocycles. The molecule has 1 saturated heterocycles. The Balaban J connectivity index is 2.77. The zero-order chi connectivity index (χ0) is 11.4. The molecule has 2 atom stereocenters. The van der Waals surface area contributed by atoms with Gasteiger partial charge in [0.15, 0.2) is 0 Å². The van der Waals surface area contributed by atoms with E-state index in [-0.39, 0.29) is 0 Å². The Bertz CT molecular complexity index is 254. The molecular weight excluding hydrogens is 198 g/mol. The van der Waals surface area contributed by atoms with Gasteiger partial charge in [-0.05, 0) is 33.0 Å². The highest BCUT2D eigenvalue weighted by Gasteiger charge is 2.36. The van der Waals surface area contributed by atoms with Gasteiger partial charge in [-0.2, -0.15) is 0 Å². The number of carboxylic acid groups (broad SMARTS) is 1. The van der Waals surface area contributed by atoms with Crippen molar-refractivity contribution in [2.24, 2.45) is 11.8 Å². The van der Waals surface area contributed by atoms with Crippen molar-refractivity contribution in [2.45, 2.75) is 12.8 Å². The lowest BCUT2D eigenvalue weighted by Crippen LogP contribution is -2.30. The molecule has 15 heavy (non-hydrogen) atoms. The van der Waals surface area contributed by atoms with E-state index in [0.717, 1.165) is 6.54 Å². The van der Waals surface area contributed by atoms with E-state index in [0.29, 0.717) is 19.4 Å². The second kappa shape index (κ2) is 5.11. The Hall–Kier alpha value is -1.10. The number of ether oxygens (including phenoxy) is 1. The first-order valence-corrected chi connectivity index (χ1v) is 5.05. The third kappa shape index (κ3) is 2.92. The molecule has 0 saturated carbocycles. The molecule has 5 heteroatoms. The van der Waals surface area contributed by atoms with Crippen molar-refractivity contribution in [1.82, 2.24) is 4.90 Å². The summed E-state index contributed by atoms with van der Waals surface area (Å²) in [6.45, 7) is 1.45. The van der Waals surface area contributed by atoms with Crippen molar-refractivity contribution in [3.63, 3.8) is 0 Å². The molecule has 0 spiro atoms. The number of aliphatic carboxylic acids is 1. The molecule has 5 nitrogen and oxygen atoms in total. The standard InChI is InChI=1S/C10H17NO4/c1-11-5-3-7(9(12)13)8(4-6-11)10(14)15-2/h7-8H,3-6H2,1-2H3,(H,12,13)/t7-,8-/m1/s1. The van der Waals surface area contributed by atoms with Crippen LogP contribution in [0.1, 0.15) is 12.8 Å². The molecule has 1 heterocycles. The SMILES string of the molecule is COC(=O)[C@@H]1CCN(C)CC[C@H]1C(=O)O. The number of carbonyl (C=O) groups is 2. The van der Waals surface area contributed by atoms with Gasteiger partial charge in [0.25, 0.3) is 0 Å². The van der Waals surface area contributed by atoms with Crippen LogP contribution in [0.25, 0.3) is 0 Å². The second-order valence-corrected chi connectivity index (χ2v) is 3.96. The number of esters is 1. The van der Waals surface area contributed by atoms with Gasteiger partial charge in [0.1, 0.15) is 0 Å². The number of rotatable bonds is 2. The average molecular weight is 215 g/mol. The fraction of sp³-hybridized carbons (Fsp3) is 0.800. The number of likely N-dealkylation sites (tertiary alicyclic amines) is 1. The van der Waals surface area contributed by atoms with E-state index in [9.17, 15) is 9.59 Å². The van der Waals surface area contributed by atoms with E-state index in [1.54, 1.807) is 0 Å². The van der Waals surface area contributed by atoms with E-state index in [4.69, 9.17) is 5.11 Å². The summed E-state index contributed by atoms with van der Waals surface area (Å²) in [6, 6.07) is 0. The third-order valence-corrected chi connectivity index (χ3v) is 2.95. The normalized spacial score (nSPS) is 28.1. The molecular formula is C10H17NO4. The maximum Gasteiger partial charge on any atom is 0.309 e. The predicted octanol–water partition coefficient (Wildman–Crippen LogP) is 0.202. The predicted molar refractivity (Wildman–Crippen MR) is 53.4 cm³/mol. The summed E-state index contributed by atoms with van der Waals surface area (Å²) >= 11 is 0. The Kier molecular flexibility index (Phi) is 4.08. The van der Waals surface area contributed by atoms with Crippen LogP contribution in [0.4, 0.5) is 0 Å². The summed E-state index contributed by atoms with van der Waals surface area (Å²) in [5.74, 6) is -2.42. The van der Waals surface area contributed by atoms with Gasteiger partial charge in [0.2, 0.25) is 0 Å². The lowest BCUT2D eigenvalue weighted by molar-refractivity contribution is -0.155. The Morgan fingerprint density at radius 3 is 2.27 bits per heavy atom. The monoisotopic (exact) mass is 215 g/mol. The Labute approximate surface area is 89.0 Å². The molecule has 0 aromatic heterocycles. The molecule has 0 unspecified atom stereocenters. The lowest BCUT2D eigenvalue weighted by atomic mass is 9.88. The summed E-state index contributed by atoms with van der Waals surface area (Å²) < 4.78 is 4.64. The summed E-state index contributed by atoms with van der Waals surface area (Å²) in [4.78, 5) is 24.5. The number of nitrogens with zero attached hydrogens (tertiary/aromatic N) is 1. The first-order valence-electron chi connectivity index (χ1n) is 5.05. The van der Waals surface area contributed by atoms with E-state index < -0.39 is 23.8 Å². The largest absolute Gasteiger partial charge is 0.481 e. The molecule has 0 aliphatic carbocycles. The second-order valence-electron chi connectivity index (χ2n) is 3.96. The van der Waals surface area contributed by atoms with Crippen LogP contribution in [0.3, 0.4) is 0 Å². The van der Waals surface area contributed by atoms with Crippen LogP contribution in [0.5, 0.6) is 0 Å². The quantitative estimate of drug-likeness (QED) is 0.667. The summed E-state index contributed by atoms with van der Waals surface area (Å²) in [5.41, 5.74) is 0. The fourth-order valence-corrected chi connectivity index (χ4v) is 1.96. The molecule has 0 aromatic rings. The Morgan fingerprint density at radius 1 is 1.27 bits per heavy atom. The Morgan fingerprint density at radius 2 is 1.80 bits per heavy atom. The molecule has 86 valence electrons. The minimum atomic E-state index is -0.902. The molecule has 1 aliphatic heterocycles. The number of methoxy groups -OCH3 is 1. The minimum absolute atomic E-state index is 0.405. The maximum absolute atomic E-state index is 11.4. The van der Waals surface area contributed by atoms with Crippen LogP contribution in [0, 0.1) is 11.8 Å². The van der Waals surface area contributed by atoms with Crippen LogP contribution < -0.4 is 0 Å². The first-order chi connectivity index (χ1) is 7.06. The number of carbonyl (C=O) groups excluding carboxylic acids is 1. The summed E-state index contributed by atoms with van der Waals surface area (Å²) in [5, 5.41) is 9.04. The highest BCUT2D eigenvalue weighted by atomic mass is 16.5. The fourth-order valence-electron chi connectivity index (χ4n) is 1.96. The van der Waals surface area contributed by atoms with Crippen molar-refractivity contribution in [2.75, 3.05) is 27.2 Å². The van der Waals surface area contributed by atoms with Crippen LogP contribution >= 0.6 is 0 Å². The van der Waals surface area contributed by atoms with Crippen LogP contribution in [-0.2, 0) is 14.3 Å². The molecule has 1 fully saturated rings. The van der Waals surface area contributed by atoms with Crippen molar-refractivity contribution >= 4 is 11.9 Å². The molecule has 0 radical (unpaired) electrons. The summed E-state index contributed by atoms with van der Waals surface area (Å²) in [7, 11) is 3.23. The average Bonchev–Trinajstić information content (AvgIpc) is 2.39. The first kappa shape index (κ1) is 12.0. The van der Waals surface area contributed by atoms with Gasteiger partial charge >= 0.3 is 11.9 Å². The third-order valence-electron chi connectivity index (χ3n) is 2.95. The zero-order valence-corrected chi connectivity index (χ0v) is 9.10. The van der Waals surface area contributed by atoms with Gasteiger partial charge in [-0.15, -0.1) is 0 Å². The van der Waals surface area contributed by atoms with Crippen molar-refractivity contribution in [1.29, 1.82) is 0 Å². The van der Waals surface area contributed by atoms with Gasteiger partial charge in [-0.1, -0.05) is 0 Å². The van der Waals surface area contributed by atoms with Crippen LogP contribution in [0.15, 0.2) is 0 Å². The number of hydrogen-bond acceptors (Lipinski definition) is 4. The van der Waals surface area contributed by atoms with E-state index in [1.165, 1.54) is 7.11 Å². The highest BCUT2D eigenvalue weighted by Crippen LogP contribution is 2.25. The molecule has 1 aliphatic rings. The van der Waals surface area contributed by atoms with Gasteiger partial charge < -0.3 is 14.7 Å². The molecule has 1 rings (SSSR count).